The molecular weight excluding hydrogens is 354 g/mol. The number of carbonyl (C=O) groups excluding carboxylic acids is 3. The number of imide groups is 3. The molecule has 0 saturated carbocycles. The van der Waals surface area contributed by atoms with Crippen molar-refractivity contribution in [3.05, 3.63) is 95.1 Å². The van der Waals surface area contributed by atoms with Crippen molar-refractivity contribution in [3.8, 4) is 11.1 Å². The van der Waals surface area contributed by atoms with Crippen LogP contribution < -0.4 is 0 Å². The first kappa shape index (κ1) is 16.4. The van der Waals surface area contributed by atoms with E-state index in [9.17, 15) is 14.4 Å². The first-order valence-corrected chi connectivity index (χ1v) is 8.99. The third-order valence-electron chi connectivity index (χ3n) is 5.31. The van der Waals surface area contributed by atoms with E-state index >= 15 is 0 Å². The number of carbonyl (C=O) groups is 3. The first-order valence-electron chi connectivity index (χ1n) is 8.99. The summed E-state index contributed by atoms with van der Waals surface area (Å²) < 4.78 is 5.44. The Labute approximate surface area is 161 Å². The van der Waals surface area contributed by atoms with Gasteiger partial charge in [-0.3, -0.25) is 9.59 Å². The molecule has 2 aliphatic rings. The van der Waals surface area contributed by atoms with Crippen molar-refractivity contribution in [3.63, 3.8) is 0 Å². The average molecular weight is 369 g/mol. The van der Waals surface area contributed by atoms with E-state index in [4.69, 9.17) is 4.74 Å². The fourth-order valence-corrected chi connectivity index (χ4v) is 4.01. The molecule has 0 N–H and O–H groups in total. The number of hydrogen-bond donors (Lipinski definition) is 0. The molecule has 0 saturated heterocycles. The Bertz CT molecular complexity index is 1070. The van der Waals surface area contributed by atoms with E-state index in [1.165, 1.54) is 12.1 Å². The van der Waals surface area contributed by atoms with Crippen LogP contribution in [0.1, 0.15) is 37.8 Å². The van der Waals surface area contributed by atoms with Gasteiger partial charge in [0.2, 0.25) is 0 Å². The first-order chi connectivity index (χ1) is 13.7. The van der Waals surface area contributed by atoms with Gasteiger partial charge in [-0.1, -0.05) is 60.7 Å². The minimum atomic E-state index is -0.937. The summed E-state index contributed by atoms with van der Waals surface area (Å²) in [5.74, 6) is -1.41. The Hall–Kier alpha value is -3.73. The molecule has 5 rings (SSSR count). The smallest absolute Gasteiger partial charge is 0.424 e. The molecule has 0 atom stereocenters. The third kappa shape index (κ3) is 2.29. The maximum absolute atomic E-state index is 12.6. The Morgan fingerprint density at radius 1 is 0.714 bits per heavy atom. The Kier molecular flexibility index (Phi) is 3.62. The Morgan fingerprint density at radius 3 is 1.64 bits per heavy atom. The van der Waals surface area contributed by atoms with Crippen molar-refractivity contribution in [1.82, 2.24) is 4.90 Å². The number of rotatable bonds is 2. The lowest BCUT2D eigenvalue weighted by atomic mass is 9.98. The molecule has 28 heavy (non-hydrogen) atoms. The molecule has 0 spiro atoms. The predicted octanol–water partition coefficient (Wildman–Crippen LogP) is 4.23. The van der Waals surface area contributed by atoms with Crippen LogP contribution in [-0.2, 0) is 4.74 Å². The maximum atomic E-state index is 12.6. The van der Waals surface area contributed by atoms with Crippen LogP contribution in [0.5, 0.6) is 0 Å². The molecule has 0 aromatic heterocycles. The minimum Gasteiger partial charge on any atom is -0.448 e. The zero-order valence-corrected chi connectivity index (χ0v) is 14.8. The number of hydrogen-bond acceptors (Lipinski definition) is 4. The summed E-state index contributed by atoms with van der Waals surface area (Å²) in [7, 11) is 0. The van der Waals surface area contributed by atoms with Gasteiger partial charge in [-0.05, 0) is 34.4 Å². The highest BCUT2D eigenvalue weighted by molar-refractivity contribution is 6.28. The molecule has 1 aliphatic carbocycles. The second-order valence-corrected chi connectivity index (χ2v) is 6.80. The molecule has 1 aliphatic heterocycles. The number of amides is 3. The zero-order valence-electron chi connectivity index (χ0n) is 14.8. The van der Waals surface area contributed by atoms with Gasteiger partial charge in [0, 0.05) is 5.92 Å². The predicted molar refractivity (Wildman–Crippen MR) is 102 cm³/mol. The molecule has 136 valence electrons. The van der Waals surface area contributed by atoms with E-state index in [1.54, 1.807) is 12.1 Å². The Morgan fingerprint density at radius 2 is 1.14 bits per heavy atom. The van der Waals surface area contributed by atoms with Gasteiger partial charge in [-0.2, -0.15) is 4.90 Å². The van der Waals surface area contributed by atoms with Crippen LogP contribution in [0.4, 0.5) is 4.79 Å². The zero-order chi connectivity index (χ0) is 19.3. The number of nitrogens with zero attached hydrogens (tertiary/aromatic N) is 1. The summed E-state index contributed by atoms with van der Waals surface area (Å²) in [4.78, 5) is 38.0. The fourth-order valence-electron chi connectivity index (χ4n) is 4.01. The molecule has 0 unspecified atom stereocenters. The van der Waals surface area contributed by atoms with Crippen molar-refractivity contribution in [2.45, 2.75) is 5.92 Å². The van der Waals surface area contributed by atoms with Crippen molar-refractivity contribution in [2.24, 2.45) is 0 Å². The molecule has 5 nitrogen and oxygen atoms in total. The molecule has 3 aromatic carbocycles. The van der Waals surface area contributed by atoms with Gasteiger partial charge >= 0.3 is 6.09 Å². The fraction of sp³-hybridized carbons (Fsp3) is 0.0870. The van der Waals surface area contributed by atoms with Gasteiger partial charge in [0.1, 0.15) is 6.61 Å². The maximum Gasteiger partial charge on any atom is 0.424 e. The lowest BCUT2D eigenvalue weighted by molar-refractivity contribution is 0.0582. The molecular formula is C23H15NO4. The van der Waals surface area contributed by atoms with E-state index in [0.29, 0.717) is 4.90 Å². The van der Waals surface area contributed by atoms with Gasteiger partial charge in [0.25, 0.3) is 11.8 Å². The quantitative estimate of drug-likeness (QED) is 0.634. The van der Waals surface area contributed by atoms with Gasteiger partial charge in [0.05, 0.1) is 11.1 Å². The Balaban J connectivity index is 1.40. The monoisotopic (exact) mass is 369 g/mol. The highest BCUT2D eigenvalue weighted by atomic mass is 16.6. The average Bonchev–Trinajstić information content (AvgIpc) is 3.19. The minimum absolute atomic E-state index is 0.0558. The third-order valence-corrected chi connectivity index (χ3v) is 5.31. The van der Waals surface area contributed by atoms with Gasteiger partial charge in [-0.25, -0.2) is 4.79 Å². The van der Waals surface area contributed by atoms with Crippen molar-refractivity contribution in [1.29, 1.82) is 0 Å². The van der Waals surface area contributed by atoms with Crippen LogP contribution in [0.3, 0.4) is 0 Å². The largest absolute Gasteiger partial charge is 0.448 e. The van der Waals surface area contributed by atoms with E-state index in [-0.39, 0.29) is 23.7 Å². The standard InChI is InChI=1S/C23H15NO4/c25-21-18-11-5-6-12-19(18)22(26)24(21)23(27)28-13-20-16-9-3-1-7-14(16)15-8-2-4-10-17(15)20/h1-12,20H,13H2. The molecule has 0 fully saturated rings. The van der Waals surface area contributed by atoms with Crippen LogP contribution >= 0.6 is 0 Å². The van der Waals surface area contributed by atoms with E-state index in [2.05, 4.69) is 0 Å². The van der Waals surface area contributed by atoms with Crippen LogP contribution in [0.2, 0.25) is 0 Å². The number of fused-ring (bicyclic) bond motifs is 4. The number of ether oxygens (including phenoxy) is 1. The number of benzene rings is 3. The lowest BCUT2D eigenvalue weighted by Crippen LogP contribution is -2.37. The van der Waals surface area contributed by atoms with Crippen LogP contribution in [0.15, 0.2) is 72.8 Å². The van der Waals surface area contributed by atoms with Crippen molar-refractivity contribution >= 4 is 17.9 Å². The second kappa shape index (κ2) is 6.16. The summed E-state index contributed by atoms with van der Waals surface area (Å²) in [6.07, 6.45) is -0.937. The second-order valence-electron chi connectivity index (χ2n) is 6.80. The van der Waals surface area contributed by atoms with Crippen LogP contribution in [0, 0.1) is 0 Å². The summed E-state index contributed by atoms with van der Waals surface area (Å²) in [5, 5.41) is 0. The van der Waals surface area contributed by atoms with Gasteiger partial charge in [-0.15, -0.1) is 0 Å². The highest BCUT2D eigenvalue weighted by Crippen LogP contribution is 2.44. The van der Waals surface area contributed by atoms with E-state index < -0.39 is 17.9 Å². The lowest BCUT2D eigenvalue weighted by Gasteiger charge is -2.17. The van der Waals surface area contributed by atoms with Crippen molar-refractivity contribution in [2.75, 3.05) is 6.61 Å². The topological polar surface area (TPSA) is 63.7 Å². The molecule has 0 bridgehead atoms. The molecule has 0 radical (unpaired) electrons. The van der Waals surface area contributed by atoms with Crippen molar-refractivity contribution < 1.29 is 19.1 Å². The normalized spacial score (nSPS) is 14.6. The van der Waals surface area contributed by atoms with E-state index in [0.717, 1.165) is 22.3 Å². The van der Waals surface area contributed by atoms with Gasteiger partial charge in [0.15, 0.2) is 0 Å². The molecule has 1 heterocycles. The molecule has 5 heteroatoms. The summed E-state index contributed by atoms with van der Waals surface area (Å²) in [6, 6.07) is 22.3. The van der Waals surface area contributed by atoms with Crippen LogP contribution in [0.25, 0.3) is 11.1 Å². The van der Waals surface area contributed by atoms with Gasteiger partial charge < -0.3 is 4.74 Å². The SMILES string of the molecule is O=C(OCC1c2ccccc2-c2ccccc21)N1C(=O)c2ccccc2C1=O. The summed E-state index contributed by atoms with van der Waals surface area (Å²) >= 11 is 0. The van der Waals surface area contributed by atoms with E-state index in [1.807, 2.05) is 48.5 Å². The summed E-state index contributed by atoms with van der Waals surface area (Å²) in [5.41, 5.74) is 4.81. The van der Waals surface area contributed by atoms with Crippen LogP contribution in [-0.4, -0.2) is 29.4 Å². The highest BCUT2D eigenvalue weighted by Gasteiger charge is 2.41. The molecule has 3 amide bonds. The molecule has 3 aromatic rings. The summed E-state index contributed by atoms with van der Waals surface area (Å²) in [6.45, 7) is 0.0558.